The zero-order valence-electron chi connectivity index (χ0n) is 23.0. The van der Waals surface area contributed by atoms with Crippen molar-refractivity contribution < 1.29 is 28.5 Å². The lowest BCUT2D eigenvalue weighted by atomic mass is 9.87. The first-order chi connectivity index (χ1) is 19.5. The summed E-state index contributed by atoms with van der Waals surface area (Å²) in [6.07, 6.45) is 4.06. The molecule has 1 aliphatic carbocycles. The molecule has 5 rings (SSSR count). The molecule has 3 aromatic carbocycles. The third-order valence-corrected chi connectivity index (χ3v) is 7.42. The zero-order chi connectivity index (χ0) is 27.9. The van der Waals surface area contributed by atoms with Crippen LogP contribution in [0.25, 0.3) is 22.8 Å². The van der Waals surface area contributed by atoms with Crippen molar-refractivity contribution in [1.29, 1.82) is 0 Å². The van der Waals surface area contributed by atoms with Crippen LogP contribution < -0.4 is 4.74 Å². The fourth-order valence-electron chi connectivity index (χ4n) is 5.37. The molecule has 1 saturated carbocycles. The number of oxazole rings is 1. The number of rotatable bonds is 11. The number of aromatic nitrogens is 1. The monoisotopic (exact) mass is 541 g/mol. The summed E-state index contributed by atoms with van der Waals surface area (Å²) >= 11 is 0. The number of hydrogen-bond acceptors (Lipinski definition) is 6. The summed E-state index contributed by atoms with van der Waals surface area (Å²) < 4.78 is 24.0. The zero-order valence-corrected chi connectivity index (χ0v) is 23.0. The fourth-order valence-corrected chi connectivity index (χ4v) is 5.37. The molecule has 2 unspecified atom stereocenters. The predicted molar refractivity (Wildman–Crippen MR) is 152 cm³/mol. The van der Waals surface area contributed by atoms with Gasteiger partial charge in [-0.3, -0.25) is 0 Å². The summed E-state index contributed by atoms with van der Waals surface area (Å²) in [5.74, 6) is 1.42. The van der Waals surface area contributed by atoms with Gasteiger partial charge in [-0.15, -0.1) is 0 Å². The summed E-state index contributed by atoms with van der Waals surface area (Å²) in [4.78, 5) is 16.5. The minimum Gasteiger partial charge on any atom is -0.497 e. The van der Waals surface area contributed by atoms with Gasteiger partial charge in [0.25, 0.3) is 0 Å². The Morgan fingerprint density at radius 1 is 1.00 bits per heavy atom. The maximum absolute atomic E-state index is 11.7. The van der Waals surface area contributed by atoms with E-state index < -0.39 is 5.97 Å². The Morgan fingerprint density at radius 3 is 2.60 bits per heavy atom. The SMILES string of the molecule is COc1cccc(-c2nc(COCC3CCCC(OCc4cccc(C)c4C(=O)O)C3)c(-c3ccccc3)o2)c1. The quantitative estimate of drug-likeness (QED) is 0.213. The van der Waals surface area contributed by atoms with Gasteiger partial charge in [-0.25, -0.2) is 9.78 Å². The lowest BCUT2D eigenvalue weighted by molar-refractivity contribution is -0.0182. The topological polar surface area (TPSA) is 91.0 Å². The van der Waals surface area contributed by atoms with E-state index in [1.165, 1.54) is 0 Å². The molecule has 1 aliphatic rings. The summed E-state index contributed by atoms with van der Waals surface area (Å²) in [6.45, 7) is 3.05. The van der Waals surface area contributed by atoms with Gasteiger partial charge in [-0.05, 0) is 61.4 Å². The Kier molecular flexibility index (Phi) is 8.94. The van der Waals surface area contributed by atoms with Crippen molar-refractivity contribution in [3.63, 3.8) is 0 Å². The second-order valence-electron chi connectivity index (χ2n) is 10.3. The highest BCUT2D eigenvalue weighted by molar-refractivity contribution is 5.91. The number of carbonyl (C=O) groups is 1. The minimum atomic E-state index is -0.913. The molecule has 1 heterocycles. The van der Waals surface area contributed by atoms with Gasteiger partial charge < -0.3 is 23.7 Å². The molecule has 2 atom stereocenters. The standard InChI is InChI=1S/C33H35NO6/c1-22-9-6-14-26(30(22)33(35)36)20-39-28-16-7-10-23(17-28)19-38-21-29-31(24-11-4-3-5-12-24)40-32(34-29)25-13-8-15-27(18-25)37-2/h3-6,8-9,11-15,18,23,28H,7,10,16-17,19-21H2,1-2H3,(H,35,36). The molecule has 1 aromatic heterocycles. The number of nitrogens with zero attached hydrogens (tertiary/aromatic N) is 1. The number of hydrogen-bond donors (Lipinski definition) is 1. The first-order valence-corrected chi connectivity index (χ1v) is 13.7. The van der Waals surface area contributed by atoms with Gasteiger partial charge in [0.05, 0.1) is 38.6 Å². The lowest BCUT2D eigenvalue weighted by Crippen LogP contribution is -2.26. The first kappa shape index (κ1) is 27.6. The molecule has 208 valence electrons. The third-order valence-electron chi connectivity index (χ3n) is 7.42. The van der Waals surface area contributed by atoms with Crippen molar-refractivity contribution in [3.05, 3.63) is 95.2 Å². The van der Waals surface area contributed by atoms with Crippen LogP contribution in [-0.2, 0) is 22.7 Å². The molecule has 7 nitrogen and oxygen atoms in total. The Hall–Kier alpha value is -3.94. The number of carboxylic acid groups (broad SMARTS) is 1. The Morgan fingerprint density at radius 2 is 1.80 bits per heavy atom. The molecule has 1 fully saturated rings. The van der Waals surface area contributed by atoms with Crippen molar-refractivity contribution in [2.45, 2.75) is 51.9 Å². The van der Waals surface area contributed by atoms with Crippen LogP contribution >= 0.6 is 0 Å². The molecule has 40 heavy (non-hydrogen) atoms. The van der Waals surface area contributed by atoms with Crippen molar-refractivity contribution >= 4 is 5.97 Å². The van der Waals surface area contributed by atoms with Gasteiger partial charge in [-0.1, -0.05) is 61.0 Å². The second-order valence-corrected chi connectivity index (χ2v) is 10.3. The summed E-state index contributed by atoms with van der Waals surface area (Å²) in [5, 5.41) is 9.61. The van der Waals surface area contributed by atoms with Gasteiger partial charge in [-0.2, -0.15) is 0 Å². The van der Waals surface area contributed by atoms with E-state index in [0.29, 0.717) is 43.0 Å². The molecular formula is C33H35NO6. The number of carboxylic acids is 1. The average Bonchev–Trinajstić information content (AvgIpc) is 3.41. The maximum Gasteiger partial charge on any atom is 0.336 e. The summed E-state index contributed by atoms with van der Waals surface area (Å²) in [5.41, 5.74) is 4.36. The molecular weight excluding hydrogens is 506 g/mol. The molecule has 0 bridgehead atoms. The van der Waals surface area contributed by atoms with Crippen LogP contribution in [0, 0.1) is 12.8 Å². The van der Waals surface area contributed by atoms with Crippen LogP contribution in [0.1, 0.15) is 52.9 Å². The number of aromatic carboxylic acids is 1. The molecule has 4 aromatic rings. The molecule has 7 heteroatoms. The summed E-state index contributed by atoms with van der Waals surface area (Å²) in [7, 11) is 1.64. The van der Waals surface area contributed by atoms with Crippen LogP contribution in [0.2, 0.25) is 0 Å². The van der Waals surface area contributed by atoms with E-state index >= 15 is 0 Å². The molecule has 0 spiro atoms. The maximum atomic E-state index is 11.7. The highest BCUT2D eigenvalue weighted by Gasteiger charge is 2.24. The van der Waals surface area contributed by atoms with E-state index in [2.05, 4.69) is 0 Å². The normalized spacial score (nSPS) is 17.1. The van der Waals surface area contributed by atoms with Gasteiger partial charge in [0.2, 0.25) is 5.89 Å². The van der Waals surface area contributed by atoms with Crippen molar-refractivity contribution in [3.8, 4) is 28.5 Å². The number of ether oxygens (including phenoxy) is 3. The van der Waals surface area contributed by atoms with Crippen molar-refractivity contribution in [2.24, 2.45) is 5.92 Å². The fraction of sp³-hybridized carbons (Fsp3) is 0.333. The van der Waals surface area contributed by atoms with Gasteiger partial charge >= 0.3 is 5.97 Å². The van der Waals surface area contributed by atoms with E-state index in [1.54, 1.807) is 7.11 Å². The van der Waals surface area contributed by atoms with Crippen LogP contribution in [0.15, 0.2) is 77.2 Å². The molecule has 1 N–H and O–H groups in total. The van der Waals surface area contributed by atoms with E-state index in [1.807, 2.05) is 79.7 Å². The molecule has 0 amide bonds. The number of methoxy groups -OCH3 is 1. The number of aryl methyl sites for hydroxylation is 1. The second kappa shape index (κ2) is 12.9. The average molecular weight is 542 g/mol. The first-order valence-electron chi connectivity index (χ1n) is 13.7. The highest BCUT2D eigenvalue weighted by atomic mass is 16.5. The third kappa shape index (κ3) is 6.61. The van der Waals surface area contributed by atoms with Crippen LogP contribution in [-0.4, -0.2) is 35.9 Å². The Balaban J connectivity index is 1.22. The van der Waals surface area contributed by atoms with E-state index in [4.69, 9.17) is 23.6 Å². The molecule has 0 aliphatic heterocycles. The highest BCUT2D eigenvalue weighted by Crippen LogP contribution is 2.33. The summed E-state index contributed by atoms with van der Waals surface area (Å²) in [6, 6.07) is 23.1. The van der Waals surface area contributed by atoms with Crippen molar-refractivity contribution in [2.75, 3.05) is 13.7 Å². The smallest absolute Gasteiger partial charge is 0.336 e. The minimum absolute atomic E-state index is 0.0797. The van der Waals surface area contributed by atoms with Crippen molar-refractivity contribution in [1.82, 2.24) is 4.98 Å². The van der Waals surface area contributed by atoms with Crippen LogP contribution in [0.3, 0.4) is 0 Å². The van der Waals surface area contributed by atoms with E-state index in [-0.39, 0.29) is 6.10 Å². The Labute approximate surface area is 234 Å². The van der Waals surface area contributed by atoms with Gasteiger partial charge in [0, 0.05) is 11.1 Å². The molecule has 0 saturated heterocycles. The Bertz CT molecular complexity index is 1430. The van der Waals surface area contributed by atoms with E-state index in [9.17, 15) is 9.90 Å². The van der Waals surface area contributed by atoms with Crippen LogP contribution in [0.4, 0.5) is 0 Å². The predicted octanol–water partition coefficient (Wildman–Crippen LogP) is 7.32. The largest absolute Gasteiger partial charge is 0.497 e. The lowest BCUT2D eigenvalue weighted by Gasteiger charge is -2.29. The molecule has 0 radical (unpaired) electrons. The van der Waals surface area contributed by atoms with Gasteiger partial charge in [0.15, 0.2) is 5.76 Å². The van der Waals surface area contributed by atoms with E-state index in [0.717, 1.165) is 59.4 Å². The van der Waals surface area contributed by atoms with Gasteiger partial charge in [0.1, 0.15) is 11.4 Å². The van der Waals surface area contributed by atoms with Crippen LogP contribution in [0.5, 0.6) is 5.75 Å². The number of benzene rings is 3.